The first-order valence-electron chi connectivity index (χ1n) is 9.72. The Hall–Kier alpha value is -2.28. The van der Waals surface area contributed by atoms with Gasteiger partial charge in [0.2, 0.25) is 9.84 Å². The Morgan fingerprint density at radius 1 is 1.13 bits per heavy atom. The molecule has 1 aliphatic heterocycles. The van der Waals surface area contributed by atoms with Gasteiger partial charge >= 0.3 is 0 Å². The van der Waals surface area contributed by atoms with E-state index in [1.54, 1.807) is 35.6 Å². The molecule has 0 atom stereocenters. The van der Waals surface area contributed by atoms with Crippen molar-refractivity contribution >= 4 is 38.9 Å². The maximum Gasteiger partial charge on any atom is 0.210 e. The van der Waals surface area contributed by atoms with Gasteiger partial charge in [-0.25, -0.2) is 8.42 Å². The highest BCUT2D eigenvalue weighted by molar-refractivity contribution is 7.91. The van der Waals surface area contributed by atoms with Gasteiger partial charge in [0, 0.05) is 22.6 Å². The maximum absolute atomic E-state index is 13.2. The molecule has 30 heavy (non-hydrogen) atoms. The quantitative estimate of drug-likeness (QED) is 0.434. The van der Waals surface area contributed by atoms with E-state index in [9.17, 15) is 8.42 Å². The second-order valence-electron chi connectivity index (χ2n) is 7.11. The molecule has 0 bridgehead atoms. The Morgan fingerprint density at radius 3 is 2.70 bits per heavy atom. The lowest BCUT2D eigenvalue weighted by Crippen LogP contribution is -2.18. The molecule has 2 heterocycles. The van der Waals surface area contributed by atoms with E-state index in [2.05, 4.69) is 28.6 Å². The average Bonchev–Trinajstić information content (AvgIpc) is 3.21. The van der Waals surface area contributed by atoms with Gasteiger partial charge in [-0.1, -0.05) is 30.7 Å². The summed E-state index contributed by atoms with van der Waals surface area (Å²) in [6, 6.07) is 13.9. The summed E-state index contributed by atoms with van der Waals surface area (Å²) < 4.78 is 32.1. The van der Waals surface area contributed by atoms with E-state index in [-0.39, 0.29) is 9.79 Å². The van der Waals surface area contributed by atoms with Crippen LogP contribution < -0.4 is 4.74 Å². The number of thiophene rings is 1. The van der Waals surface area contributed by atoms with E-state index in [1.165, 1.54) is 16.5 Å². The van der Waals surface area contributed by atoms with E-state index in [0.29, 0.717) is 17.4 Å². The predicted molar refractivity (Wildman–Crippen MR) is 122 cm³/mol. The average molecular weight is 460 g/mol. The first-order chi connectivity index (χ1) is 14.5. The van der Waals surface area contributed by atoms with Gasteiger partial charge in [-0.2, -0.15) is 0 Å². The fourth-order valence-electron chi connectivity index (χ4n) is 3.32. The standard InChI is InChI=1S/C23H22ClNO3S2/c1-2-12-28-21-8-5-19(24)14-23(21)30(26,27)20-6-3-17(4-7-20)15-25-11-9-18-10-13-29-22(18)16-25/h3-11,13-14H,2,12,15-16H2,1H3. The van der Waals surface area contributed by atoms with E-state index in [1.807, 2.05) is 19.1 Å². The fourth-order valence-corrected chi connectivity index (χ4v) is 5.87. The summed E-state index contributed by atoms with van der Waals surface area (Å²) in [5, 5.41) is 2.46. The molecule has 2 aromatic carbocycles. The maximum atomic E-state index is 13.2. The molecule has 0 saturated heterocycles. The van der Waals surface area contributed by atoms with Crippen LogP contribution in [0.4, 0.5) is 0 Å². The number of sulfone groups is 1. The normalized spacial score (nSPS) is 13.3. The molecular formula is C23H22ClNO3S2. The summed E-state index contributed by atoms with van der Waals surface area (Å²) in [5.41, 5.74) is 2.33. The molecule has 1 aliphatic rings. The highest BCUT2D eigenvalue weighted by Gasteiger charge is 2.23. The highest BCUT2D eigenvalue weighted by atomic mass is 35.5. The lowest BCUT2D eigenvalue weighted by Gasteiger charge is -2.23. The molecule has 1 aromatic heterocycles. The molecule has 0 amide bonds. The van der Waals surface area contributed by atoms with E-state index < -0.39 is 9.84 Å². The lowest BCUT2D eigenvalue weighted by molar-refractivity contribution is 0.309. The predicted octanol–water partition coefficient (Wildman–Crippen LogP) is 6.01. The number of hydrogen-bond acceptors (Lipinski definition) is 5. The van der Waals surface area contributed by atoms with Gasteiger partial charge in [-0.05, 0) is 65.4 Å². The number of rotatable bonds is 7. The molecular weight excluding hydrogens is 438 g/mol. The van der Waals surface area contributed by atoms with Gasteiger partial charge in [-0.15, -0.1) is 11.3 Å². The first kappa shape index (κ1) is 21.0. The second kappa shape index (κ2) is 8.84. The first-order valence-corrected chi connectivity index (χ1v) is 12.5. The number of ether oxygens (including phenoxy) is 1. The molecule has 4 rings (SSSR count). The molecule has 156 valence electrons. The number of benzene rings is 2. The highest BCUT2D eigenvalue weighted by Crippen LogP contribution is 2.32. The monoisotopic (exact) mass is 459 g/mol. The summed E-state index contributed by atoms with van der Waals surface area (Å²) in [5.74, 6) is 0.329. The van der Waals surface area contributed by atoms with E-state index in [4.69, 9.17) is 16.3 Å². The number of fused-ring (bicyclic) bond motifs is 1. The van der Waals surface area contributed by atoms with Crippen LogP contribution in [-0.4, -0.2) is 19.9 Å². The minimum absolute atomic E-state index is 0.0976. The molecule has 3 aromatic rings. The number of hydrogen-bond donors (Lipinski definition) is 0. The van der Waals surface area contributed by atoms with Crippen molar-refractivity contribution in [3.63, 3.8) is 0 Å². The molecule has 0 radical (unpaired) electrons. The third kappa shape index (κ3) is 4.41. The van der Waals surface area contributed by atoms with E-state index >= 15 is 0 Å². The number of nitrogens with zero attached hydrogens (tertiary/aromatic N) is 1. The SMILES string of the molecule is CCCOc1ccc(Cl)cc1S(=O)(=O)c1ccc(CN2C=Cc3ccsc3C2)cc1. The van der Waals surface area contributed by atoms with Crippen molar-refractivity contribution < 1.29 is 13.2 Å². The Kier molecular flexibility index (Phi) is 6.18. The molecule has 7 heteroatoms. The van der Waals surface area contributed by atoms with Crippen molar-refractivity contribution in [3.05, 3.63) is 81.1 Å². The number of halogens is 1. The van der Waals surface area contributed by atoms with Crippen molar-refractivity contribution in [2.24, 2.45) is 0 Å². The summed E-state index contributed by atoms with van der Waals surface area (Å²) >= 11 is 7.83. The van der Waals surface area contributed by atoms with Crippen molar-refractivity contribution in [3.8, 4) is 5.75 Å². The molecule has 0 unspecified atom stereocenters. The minimum Gasteiger partial charge on any atom is -0.492 e. The third-order valence-corrected chi connectivity index (χ3v) is 7.82. The Labute approximate surface area is 186 Å². The van der Waals surface area contributed by atoms with Crippen LogP contribution in [0, 0.1) is 0 Å². The van der Waals surface area contributed by atoms with Crippen LogP contribution in [-0.2, 0) is 22.9 Å². The van der Waals surface area contributed by atoms with Crippen molar-refractivity contribution in [2.45, 2.75) is 36.2 Å². The summed E-state index contributed by atoms with van der Waals surface area (Å²) in [6.45, 7) is 4.00. The van der Waals surface area contributed by atoms with Crippen LogP contribution in [0.1, 0.15) is 29.3 Å². The summed E-state index contributed by atoms with van der Waals surface area (Å²) in [7, 11) is -3.74. The molecule has 0 saturated carbocycles. The second-order valence-corrected chi connectivity index (χ2v) is 10.5. The van der Waals surface area contributed by atoms with Gasteiger partial charge in [0.1, 0.15) is 10.6 Å². The Balaban J connectivity index is 1.54. The Morgan fingerprint density at radius 2 is 1.93 bits per heavy atom. The smallest absolute Gasteiger partial charge is 0.210 e. The fraction of sp³-hybridized carbons (Fsp3) is 0.217. The molecule has 0 aliphatic carbocycles. The zero-order chi connectivity index (χ0) is 21.1. The van der Waals surface area contributed by atoms with Gasteiger partial charge < -0.3 is 9.64 Å². The van der Waals surface area contributed by atoms with Crippen LogP contribution in [0.5, 0.6) is 5.75 Å². The molecule has 0 N–H and O–H groups in total. The zero-order valence-electron chi connectivity index (χ0n) is 16.5. The largest absolute Gasteiger partial charge is 0.492 e. The van der Waals surface area contributed by atoms with Gasteiger partial charge in [-0.3, -0.25) is 0 Å². The van der Waals surface area contributed by atoms with Crippen LogP contribution >= 0.6 is 22.9 Å². The van der Waals surface area contributed by atoms with Crippen LogP contribution in [0.3, 0.4) is 0 Å². The van der Waals surface area contributed by atoms with Crippen LogP contribution in [0.2, 0.25) is 5.02 Å². The van der Waals surface area contributed by atoms with Crippen molar-refractivity contribution in [2.75, 3.05) is 6.61 Å². The Bertz CT molecular complexity index is 1170. The molecule has 0 fully saturated rings. The molecule has 4 nitrogen and oxygen atoms in total. The van der Waals surface area contributed by atoms with Crippen LogP contribution in [0.15, 0.2) is 69.9 Å². The minimum atomic E-state index is -3.74. The van der Waals surface area contributed by atoms with Gasteiger partial charge in [0.25, 0.3) is 0 Å². The van der Waals surface area contributed by atoms with Crippen molar-refractivity contribution in [1.29, 1.82) is 0 Å². The van der Waals surface area contributed by atoms with E-state index in [0.717, 1.165) is 25.1 Å². The third-order valence-electron chi connectivity index (χ3n) is 4.87. The zero-order valence-corrected chi connectivity index (χ0v) is 18.9. The molecule has 0 spiro atoms. The van der Waals surface area contributed by atoms with Crippen LogP contribution in [0.25, 0.3) is 6.08 Å². The van der Waals surface area contributed by atoms with Crippen molar-refractivity contribution in [1.82, 2.24) is 4.90 Å². The summed E-state index contributed by atoms with van der Waals surface area (Å²) in [6.07, 6.45) is 4.99. The summed E-state index contributed by atoms with van der Waals surface area (Å²) in [4.78, 5) is 3.89. The van der Waals surface area contributed by atoms with Gasteiger partial charge in [0.05, 0.1) is 18.0 Å². The van der Waals surface area contributed by atoms with Gasteiger partial charge in [0.15, 0.2) is 0 Å². The lowest BCUT2D eigenvalue weighted by atomic mass is 10.1. The topological polar surface area (TPSA) is 46.6 Å².